The molecular weight excluding hydrogens is 411 g/mol. The number of ether oxygens (including phenoxy) is 1. The van der Waals surface area contributed by atoms with Gasteiger partial charge in [0.1, 0.15) is 11.9 Å². The van der Waals surface area contributed by atoms with Crippen LogP contribution in [0.25, 0.3) is 10.9 Å². The zero-order chi connectivity index (χ0) is 22.2. The van der Waals surface area contributed by atoms with Gasteiger partial charge in [0, 0.05) is 43.6 Å². The van der Waals surface area contributed by atoms with Crippen molar-refractivity contribution in [2.24, 2.45) is 5.92 Å². The lowest BCUT2D eigenvalue weighted by Gasteiger charge is -2.31. The maximum absolute atomic E-state index is 12.7. The third kappa shape index (κ3) is 5.44. The minimum atomic E-state index is -4.22. The molecule has 0 spiro atoms. The highest BCUT2D eigenvalue weighted by molar-refractivity contribution is 5.85. The number of hydrogen-bond donors (Lipinski definition) is 2. The van der Waals surface area contributed by atoms with E-state index in [9.17, 15) is 23.4 Å². The number of alkyl halides is 3. The first-order chi connectivity index (χ1) is 14.7. The van der Waals surface area contributed by atoms with Crippen LogP contribution in [0.15, 0.2) is 12.4 Å². The topological polar surface area (TPSA) is 88.4 Å². The van der Waals surface area contributed by atoms with E-state index in [0.717, 1.165) is 18.4 Å². The zero-order valence-electron chi connectivity index (χ0n) is 17.5. The lowest BCUT2D eigenvalue weighted by Crippen LogP contribution is -2.37. The van der Waals surface area contributed by atoms with E-state index < -0.39 is 18.5 Å². The number of fused-ring (bicyclic) bond motifs is 1. The number of halogens is 3. The molecule has 0 amide bonds. The highest BCUT2D eigenvalue weighted by Gasteiger charge is 2.32. The molecule has 0 bridgehead atoms. The molecule has 1 atom stereocenters. The summed E-state index contributed by atoms with van der Waals surface area (Å²) in [5.41, 5.74) is 1.59. The summed E-state index contributed by atoms with van der Waals surface area (Å²) in [4.78, 5) is 13.5. The molecule has 9 heteroatoms. The van der Waals surface area contributed by atoms with Crippen LogP contribution in [0, 0.1) is 5.92 Å². The van der Waals surface area contributed by atoms with Crippen LogP contribution in [0.3, 0.4) is 0 Å². The zero-order valence-corrected chi connectivity index (χ0v) is 17.5. The van der Waals surface area contributed by atoms with Gasteiger partial charge in [-0.15, -0.1) is 0 Å². The predicted molar refractivity (Wildman–Crippen MR) is 108 cm³/mol. The normalized spacial score (nSPS) is 27.7. The Morgan fingerprint density at radius 1 is 1.06 bits per heavy atom. The number of aliphatic hydroxyl groups is 2. The Kier molecular flexibility index (Phi) is 6.35. The molecule has 6 nitrogen and oxygen atoms in total. The summed E-state index contributed by atoms with van der Waals surface area (Å²) < 4.78 is 44.2. The van der Waals surface area contributed by atoms with Crippen molar-refractivity contribution in [3.63, 3.8) is 0 Å². The molecule has 4 rings (SSSR count). The molecule has 0 aromatic carbocycles. The standard InChI is InChI=1S/C22H28F3N3O3/c1-12(9-22(23,24)25)6-19-26-11-18-20(28-19)17(13-2-4-14(29)5-3-13)10-27-21(18)31-16-7-15(30)8-16/h10-16,29-30H,2-9H2,1H3/t12-,13?,14?,15?,16?/m1/s1. The minimum Gasteiger partial charge on any atom is -0.474 e. The molecule has 2 aliphatic carbocycles. The Morgan fingerprint density at radius 2 is 1.77 bits per heavy atom. The molecule has 2 N–H and O–H groups in total. The van der Waals surface area contributed by atoms with Gasteiger partial charge in [-0.1, -0.05) is 6.92 Å². The van der Waals surface area contributed by atoms with Crippen LogP contribution >= 0.6 is 0 Å². The van der Waals surface area contributed by atoms with Gasteiger partial charge in [-0.2, -0.15) is 13.2 Å². The maximum atomic E-state index is 12.7. The van der Waals surface area contributed by atoms with Gasteiger partial charge in [-0.05, 0) is 37.5 Å². The van der Waals surface area contributed by atoms with Gasteiger partial charge in [-0.3, -0.25) is 0 Å². The molecule has 2 aliphatic rings. The van der Waals surface area contributed by atoms with E-state index in [1.165, 1.54) is 0 Å². The molecule has 31 heavy (non-hydrogen) atoms. The number of aliphatic hydroxyl groups excluding tert-OH is 2. The lowest BCUT2D eigenvalue weighted by molar-refractivity contribution is -0.143. The summed E-state index contributed by atoms with van der Waals surface area (Å²) in [6.07, 6.45) is 1.68. The smallest absolute Gasteiger partial charge is 0.389 e. The molecule has 2 heterocycles. The van der Waals surface area contributed by atoms with Crippen molar-refractivity contribution >= 4 is 10.9 Å². The number of rotatable bonds is 6. The second-order valence-corrected chi connectivity index (χ2v) is 9.07. The van der Waals surface area contributed by atoms with E-state index in [-0.39, 0.29) is 30.7 Å². The molecular formula is C22H28F3N3O3. The van der Waals surface area contributed by atoms with Gasteiger partial charge in [-0.25, -0.2) is 15.0 Å². The summed E-state index contributed by atoms with van der Waals surface area (Å²) in [7, 11) is 0. The monoisotopic (exact) mass is 439 g/mol. The third-order valence-electron chi connectivity index (χ3n) is 6.26. The second kappa shape index (κ2) is 8.86. The molecule has 2 aromatic heterocycles. The van der Waals surface area contributed by atoms with Gasteiger partial charge < -0.3 is 14.9 Å². The van der Waals surface area contributed by atoms with Crippen molar-refractivity contribution in [3.05, 3.63) is 23.8 Å². The van der Waals surface area contributed by atoms with Crippen LogP contribution in [-0.4, -0.2) is 49.7 Å². The minimum absolute atomic E-state index is 0.118. The van der Waals surface area contributed by atoms with Gasteiger partial charge in [0.15, 0.2) is 0 Å². The molecule has 170 valence electrons. The fourth-order valence-corrected chi connectivity index (χ4v) is 4.50. The van der Waals surface area contributed by atoms with Crippen molar-refractivity contribution in [2.45, 2.75) is 88.7 Å². The van der Waals surface area contributed by atoms with Crippen molar-refractivity contribution in [2.75, 3.05) is 0 Å². The summed E-state index contributed by atoms with van der Waals surface area (Å²) in [6.45, 7) is 1.55. The van der Waals surface area contributed by atoms with Gasteiger partial charge in [0.05, 0.1) is 23.1 Å². The van der Waals surface area contributed by atoms with E-state index in [0.29, 0.717) is 48.3 Å². The summed E-state index contributed by atoms with van der Waals surface area (Å²) in [6, 6.07) is 0. The number of hydrogen-bond acceptors (Lipinski definition) is 6. The Bertz CT molecular complexity index is 910. The first kappa shape index (κ1) is 22.2. The quantitative estimate of drug-likeness (QED) is 0.705. The van der Waals surface area contributed by atoms with Crippen molar-refractivity contribution in [1.82, 2.24) is 15.0 Å². The average Bonchev–Trinajstić information content (AvgIpc) is 2.66. The number of nitrogens with zero attached hydrogens (tertiary/aromatic N) is 3. The Balaban J connectivity index is 1.64. The molecule has 0 radical (unpaired) electrons. The summed E-state index contributed by atoms with van der Waals surface area (Å²) in [5.74, 6) is 0.312. The SMILES string of the molecule is C[C@H](Cc1ncc2c(OC3CC(O)C3)ncc(C3CCC(O)CC3)c2n1)CC(F)(F)F. The van der Waals surface area contributed by atoms with Crippen LogP contribution < -0.4 is 4.74 Å². The van der Waals surface area contributed by atoms with Crippen molar-refractivity contribution < 1.29 is 28.1 Å². The Morgan fingerprint density at radius 3 is 2.42 bits per heavy atom. The van der Waals surface area contributed by atoms with Gasteiger partial charge in [0.2, 0.25) is 5.88 Å². The fraction of sp³-hybridized carbons (Fsp3) is 0.682. The highest BCUT2D eigenvalue weighted by atomic mass is 19.4. The molecule has 0 unspecified atom stereocenters. The molecule has 0 aliphatic heterocycles. The van der Waals surface area contributed by atoms with E-state index >= 15 is 0 Å². The van der Waals surface area contributed by atoms with E-state index in [1.807, 2.05) is 0 Å². The van der Waals surface area contributed by atoms with Gasteiger partial charge in [0.25, 0.3) is 0 Å². The van der Waals surface area contributed by atoms with Crippen LogP contribution in [-0.2, 0) is 6.42 Å². The number of pyridine rings is 1. The predicted octanol–water partition coefficient (Wildman–Crippen LogP) is 4.08. The molecule has 2 saturated carbocycles. The Labute approximate surface area is 178 Å². The lowest BCUT2D eigenvalue weighted by atomic mass is 9.82. The molecule has 2 aromatic rings. The van der Waals surface area contributed by atoms with Gasteiger partial charge >= 0.3 is 6.18 Å². The average molecular weight is 439 g/mol. The molecule has 0 saturated heterocycles. The van der Waals surface area contributed by atoms with Crippen LogP contribution in [0.5, 0.6) is 5.88 Å². The van der Waals surface area contributed by atoms with Crippen LogP contribution in [0.4, 0.5) is 13.2 Å². The van der Waals surface area contributed by atoms with E-state index in [2.05, 4.69) is 15.0 Å². The largest absolute Gasteiger partial charge is 0.474 e. The Hall–Kier alpha value is -2.00. The van der Waals surface area contributed by atoms with Crippen molar-refractivity contribution in [1.29, 1.82) is 0 Å². The molecule has 2 fully saturated rings. The van der Waals surface area contributed by atoms with Crippen LogP contribution in [0.2, 0.25) is 0 Å². The summed E-state index contributed by atoms with van der Waals surface area (Å²) in [5, 5.41) is 20.0. The fourth-order valence-electron chi connectivity index (χ4n) is 4.50. The second-order valence-electron chi connectivity index (χ2n) is 9.07. The summed E-state index contributed by atoms with van der Waals surface area (Å²) >= 11 is 0. The first-order valence-electron chi connectivity index (χ1n) is 10.9. The highest BCUT2D eigenvalue weighted by Crippen LogP contribution is 2.38. The maximum Gasteiger partial charge on any atom is 0.389 e. The third-order valence-corrected chi connectivity index (χ3v) is 6.26. The number of aromatic nitrogens is 3. The van der Waals surface area contributed by atoms with E-state index in [1.54, 1.807) is 19.3 Å². The van der Waals surface area contributed by atoms with E-state index in [4.69, 9.17) is 4.74 Å². The van der Waals surface area contributed by atoms with Crippen LogP contribution in [0.1, 0.15) is 69.2 Å². The first-order valence-corrected chi connectivity index (χ1v) is 10.9. The van der Waals surface area contributed by atoms with Crippen molar-refractivity contribution in [3.8, 4) is 5.88 Å².